The topological polar surface area (TPSA) is 43.6 Å². The van der Waals surface area contributed by atoms with E-state index in [1.54, 1.807) is 13.4 Å². The standard InChI is InChI=1S/C17H23NO3/c1-3-18-12-17-15(9-11-20-17)13-21-16-6-4-14(5-7-16)8-10-19-2/h4-7,9,11,18H,3,8,10,12-13H2,1-2H3. The molecule has 2 rings (SSSR count). The summed E-state index contributed by atoms with van der Waals surface area (Å²) in [6, 6.07) is 10.1. The Labute approximate surface area is 126 Å². The van der Waals surface area contributed by atoms with Crippen LogP contribution in [-0.2, 0) is 24.3 Å². The van der Waals surface area contributed by atoms with Gasteiger partial charge in [0.15, 0.2) is 0 Å². The average Bonchev–Trinajstić information content (AvgIpc) is 2.97. The van der Waals surface area contributed by atoms with Gasteiger partial charge in [-0.1, -0.05) is 19.1 Å². The van der Waals surface area contributed by atoms with Gasteiger partial charge >= 0.3 is 0 Å². The monoisotopic (exact) mass is 289 g/mol. The molecule has 0 radical (unpaired) electrons. The molecule has 4 nitrogen and oxygen atoms in total. The summed E-state index contributed by atoms with van der Waals surface area (Å²) < 4.78 is 16.3. The van der Waals surface area contributed by atoms with Crippen LogP contribution in [0.25, 0.3) is 0 Å². The summed E-state index contributed by atoms with van der Waals surface area (Å²) in [7, 11) is 1.72. The van der Waals surface area contributed by atoms with Crippen LogP contribution in [0.4, 0.5) is 0 Å². The van der Waals surface area contributed by atoms with E-state index in [9.17, 15) is 0 Å². The van der Waals surface area contributed by atoms with E-state index in [0.717, 1.165) is 43.2 Å². The van der Waals surface area contributed by atoms with Crippen molar-refractivity contribution in [1.29, 1.82) is 0 Å². The van der Waals surface area contributed by atoms with E-state index in [1.807, 2.05) is 18.2 Å². The fourth-order valence-corrected chi connectivity index (χ4v) is 2.02. The molecule has 1 aromatic heterocycles. The average molecular weight is 289 g/mol. The first-order chi connectivity index (χ1) is 10.3. The maximum atomic E-state index is 5.81. The third kappa shape index (κ3) is 4.92. The first-order valence-electron chi connectivity index (χ1n) is 7.30. The van der Waals surface area contributed by atoms with Crippen molar-refractivity contribution in [3.8, 4) is 5.75 Å². The van der Waals surface area contributed by atoms with Crippen molar-refractivity contribution in [2.75, 3.05) is 20.3 Å². The predicted octanol–water partition coefficient (Wildman–Crippen LogP) is 3.16. The second kappa shape index (κ2) is 8.49. The molecule has 0 amide bonds. The minimum Gasteiger partial charge on any atom is -0.489 e. The van der Waals surface area contributed by atoms with E-state index in [0.29, 0.717) is 6.61 Å². The maximum absolute atomic E-state index is 5.81. The molecule has 114 valence electrons. The van der Waals surface area contributed by atoms with Gasteiger partial charge in [0.25, 0.3) is 0 Å². The Kier molecular flexibility index (Phi) is 6.31. The quantitative estimate of drug-likeness (QED) is 0.770. The third-order valence-electron chi connectivity index (χ3n) is 3.29. The van der Waals surface area contributed by atoms with Crippen LogP contribution in [0, 0.1) is 0 Å². The largest absolute Gasteiger partial charge is 0.489 e. The van der Waals surface area contributed by atoms with Gasteiger partial charge < -0.3 is 19.2 Å². The molecule has 0 aliphatic heterocycles. The minimum absolute atomic E-state index is 0.522. The van der Waals surface area contributed by atoms with E-state index < -0.39 is 0 Å². The van der Waals surface area contributed by atoms with Gasteiger partial charge in [0, 0.05) is 12.7 Å². The van der Waals surface area contributed by atoms with Crippen LogP contribution >= 0.6 is 0 Å². The van der Waals surface area contributed by atoms with E-state index >= 15 is 0 Å². The van der Waals surface area contributed by atoms with E-state index in [-0.39, 0.29) is 0 Å². The molecule has 0 saturated carbocycles. The van der Waals surface area contributed by atoms with Gasteiger partial charge in [0.2, 0.25) is 0 Å². The summed E-state index contributed by atoms with van der Waals surface area (Å²) in [6.45, 7) is 4.99. The molecule has 2 aromatic rings. The van der Waals surface area contributed by atoms with Crippen molar-refractivity contribution in [2.24, 2.45) is 0 Å². The van der Waals surface area contributed by atoms with Crippen molar-refractivity contribution >= 4 is 0 Å². The van der Waals surface area contributed by atoms with Crippen molar-refractivity contribution < 1.29 is 13.9 Å². The SMILES string of the molecule is CCNCc1occc1COc1ccc(CCOC)cc1. The lowest BCUT2D eigenvalue weighted by Crippen LogP contribution is -2.12. The summed E-state index contributed by atoms with van der Waals surface area (Å²) in [5.41, 5.74) is 2.33. The Hall–Kier alpha value is -1.78. The molecule has 1 aromatic carbocycles. The van der Waals surface area contributed by atoms with E-state index in [4.69, 9.17) is 13.9 Å². The number of nitrogens with one attached hydrogen (secondary N) is 1. The number of benzene rings is 1. The second-order valence-corrected chi connectivity index (χ2v) is 4.82. The van der Waals surface area contributed by atoms with Gasteiger partial charge in [-0.05, 0) is 36.7 Å². The van der Waals surface area contributed by atoms with Gasteiger partial charge in [-0.2, -0.15) is 0 Å². The maximum Gasteiger partial charge on any atom is 0.124 e. The highest BCUT2D eigenvalue weighted by atomic mass is 16.5. The lowest BCUT2D eigenvalue weighted by molar-refractivity contribution is 0.202. The van der Waals surface area contributed by atoms with Crippen LogP contribution in [0.3, 0.4) is 0 Å². The number of furan rings is 1. The minimum atomic E-state index is 0.522. The highest BCUT2D eigenvalue weighted by Gasteiger charge is 2.06. The van der Waals surface area contributed by atoms with Crippen molar-refractivity contribution in [1.82, 2.24) is 5.32 Å². The van der Waals surface area contributed by atoms with Crippen LogP contribution in [-0.4, -0.2) is 20.3 Å². The predicted molar refractivity (Wildman–Crippen MR) is 82.4 cm³/mol. The van der Waals surface area contributed by atoms with Crippen LogP contribution in [0.15, 0.2) is 41.0 Å². The molecule has 0 fully saturated rings. The third-order valence-corrected chi connectivity index (χ3v) is 3.29. The highest BCUT2D eigenvalue weighted by Crippen LogP contribution is 2.17. The summed E-state index contributed by atoms with van der Waals surface area (Å²) in [6.07, 6.45) is 2.63. The summed E-state index contributed by atoms with van der Waals surface area (Å²) in [4.78, 5) is 0. The number of methoxy groups -OCH3 is 1. The van der Waals surface area contributed by atoms with Crippen molar-refractivity contribution in [2.45, 2.75) is 26.5 Å². The normalized spacial score (nSPS) is 10.8. The highest BCUT2D eigenvalue weighted by molar-refractivity contribution is 5.28. The van der Waals surface area contributed by atoms with Crippen LogP contribution in [0.5, 0.6) is 5.75 Å². The molecule has 1 N–H and O–H groups in total. The van der Waals surface area contributed by atoms with Gasteiger partial charge in [-0.3, -0.25) is 0 Å². The lowest BCUT2D eigenvalue weighted by Gasteiger charge is -2.08. The molecule has 0 atom stereocenters. The van der Waals surface area contributed by atoms with Gasteiger partial charge in [0.1, 0.15) is 18.1 Å². The Morgan fingerprint density at radius 1 is 1.14 bits per heavy atom. The second-order valence-electron chi connectivity index (χ2n) is 4.82. The first kappa shape index (κ1) is 15.6. The Morgan fingerprint density at radius 3 is 2.67 bits per heavy atom. The Balaban J connectivity index is 1.86. The Morgan fingerprint density at radius 2 is 1.95 bits per heavy atom. The van der Waals surface area contributed by atoms with Crippen LogP contribution in [0.1, 0.15) is 23.8 Å². The zero-order valence-corrected chi connectivity index (χ0v) is 12.7. The van der Waals surface area contributed by atoms with Gasteiger partial charge in [-0.15, -0.1) is 0 Å². The first-order valence-corrected chi connectivity index (χ1v) is 7.30. The van der Waals surface area contributed by atoms with E-state index in [1.165, 1.54) is 5.56 Å². The molecular formula is C17H23NO3. The number of ether oxygens (including phenoxy) is 2. The smallest absolute Gasteiger partial charge is 0.124 e. The van der Waals surface area contributed by atoms with E-state index in [2.05, 4.69) is 24.4 Å². The summed E-state index contributed by atoms with van der Waals surface area (Å²) in [5, 5.41) is 3.26. The molecular weight excluding hydrogens is 266 g/mol. The fourth-order valence-electron chi connectivity index (χ4n) is 2.02. The number of rotatable bonds is 9. The molecule has 0 saturated heterocycles. The van der Waals surface area contributed by atoms with Gasteiger partial charge in [0.05, 0.1) is 19.4 Å². The zero-order valence-electron chi connectivity index (χ0n) is 12.7. The van der Waals surface area contributed by atoms with Crippen molar-refractivity contribution in [3.63, 3.8) is 0 Å². The molecule has 0 unspecified atom stereocenters. The number of hydrogen-bond donors (Lipinski definition) is 1. The number of hydrogen-bond acceptors (Lipinski definition) is 4. The van der Waals surface area contributed by atoms with Crippen LogP contribution < -0.4 is 10.1 Å². The fraction of sp³-hybridized carbons (Fsp3) is 0.412. The van der Waals surface area contributed by atoms with Gasteiger partial charge in [-0.25, -0.2) is 0 Å². The summed E-state index contributed by atoms with van der Waals surface area (Å²) >= 11 is 0. The van der Waals surface area contributed by atoms with Crippen molar-refractivity contribution in [3.05, 3.63) is 53.5 Å². The molecule has 0 spiro atoms. The van der Waals surface area contributed by atoms with Crippen LogP contribution in [0.2, 0.25) is 0 Å². The molecule has 0 aliphatic carbocycles. The molecule has 0 bridgehead atoms. The molecule has 4 heteroatoms. The summed E-state index contributed by atoms with van der Waals surface area (Å²) in [5.74, 6) is 1.81. The molecule has 21 heavy (non-hydrogen) atoms. The Bertz CT molecular complexity index is 519. The lowest BCUT2D eigenvalue weighted by atomic mass is 10.1. The zero-order chi connectivity index (χ0) is 14.9. The molecule has 0 aliphatic rings. The molecule has 1 heterocycles.